The molecule has 1 aromatic heterocycles. The van der Waals surface area contributed by atoms with Crippen molar-refractivity contribution >= 4 is 44.6 Å². The number of methoxy groups -OCH3 is 1. The summed E-state index contributed by atoms with van der Waals surface area (Å²) < 4.78 is 17.2. The maximum atomic E-state index is 11.5. The molecule has 0 saturated heterocycles. The van der Waals surface area contributed by atoms with Gasteiger partial charge in [-0.15, -0.1) is 11.3 Å². The number of hydrogen-bond acceptors (Lipinski definition) is 8. The Labute approximate surface area is 193 Å². The third-order valence-electron chi connectivity index (χ3n) is 4.05. The van der Waals surface area contributed by atoms with E-state index < -0.39 is 0 Å². The highest BCUT2D eigenvalue weighted by molar-refractivity contribution is 9.10. The van der Waals surface area contributed by atoms with Gasteiger partial charge in [0, 0.05) is 15.4 Å². The minimum atomic E-state index is -0.293. The smallest absolute Gasteiger partial charge is 0.311 e. The van der Waals surface area contributed by atoms with Crippen LogP contribution in [0.4, 0.5) is 5.13 Å². The van der Waals surface area contributed by atoms with Gasteiger partial charge in [-0.05, 0) is 48.9 Å². The molecule has 0 saturated carbocycles. The summed E-state index contributed by atoms with van der Waals surface area (Å²) in [6.07, 6.45) is 1.84. The van der Waals surface area contributed by atoms with E-state index in [2.05, 4.69) is 31.4 Å². The number of benzene rings is 2. The van der Waals surface area contributed by atoms with Crippen molar-refractivity contribution in [3.05, 3.63) is 69.1 Å². The number of carbonyl (C=O) groups excluding carboxylic acids is 1. The van der Waals surface area contributed by atoms with Crippen LogP contribution in [-0.2, 0) is 22.6 Å². The molecule has 162 valence electrons. The third kappa shape index (κ3) is 7.08. The highest BCUT2D eigenvalue weighted by Gasteiger charge is 2.08. The lowest BCUT2D eigenvalue weighted by atomic mass is 10.1. The quantitative estimate of drug-likeness (QED) is 0.237. The summed E-state index contributed by atoms with van der Waals surface area (Å²) in [5.74, 6) is 1.21. The van der Waals surface area contributed by atoms with Crippen LogP contribution in [0.2, 0.25) is 0 Å². The number of rotatable bonds is 10. The molecule has 0 fully saturated rings. The first kappa shape index (κ1) is 22.8. The van der Waals surface area contributed by atoms with Gasteiger partial charge in [0.2, 0.25) is 5.13 Å². The molecular weight excluding hydrogens is 482 g/mol. The standard InChI is InChI=1S/C22H22BrN3O4S/c1-3-29-21(27)11-18-14-31-22(25-18)26-24-12-15-7-8-20(28-2)16(9-15)13-30-19-6-4-5-17(23)10-19/h4-10,12,14H,3,11,13H2,1-2H3,(H,25,26). The summed E-state index contributed by atoms with van der Waals surface area (Å²) >= 11 is 4.81. The van der Waals surface area contributed by atoms with Crippen LogP contribution >= 0.6 is 27.3 Å². The SMILES string of the molecule is CCOC(=O)Cc1csc(NN=Cc2ccc(OC)c(COc3cccc(Br)c3)c2)n1. The first-order valence-electron chi connectivity index (χ1n) is 9.51. The second kappa shape index (κ2) is 11.5. The first-order valence-corrected chi connectivity index (χ1v) is 11.2. The normalized spacial score (nSPS) is 10.8. The number of ether oxygens (including phenoxy) is 3. The molecule has 9 heteroatoms. The molecule has 0 bridgehead atoms. The van der Waals surface area contributed by atoms with Gasteiger partial charge in [-0.2, -0.15) is 5.10 Å². The number of thiazole rings is 1. The van der Waals surface area contributed by atoms with Gasteiger partial charge in [0.1, 0.15) is 18.1 Å². The molecule has 1 heterocycles. The Morgan fingerprint density at radius 2 is 2.16 bits per heavy atom. The van der Waals surface area contributed by atoms with E-state index in [1.807, 2.05) is 42.5 Å². The number of aromatic nitrogens is 1. The Bertz CT molecular complexity index is 1050. The predicted molar refractivity (Wildman–Crippen MR) is 125 cm³/mol. The van der Waals surface area contributed by atoms with Crippen molar-refractivity contribution in [1.29, 1.82) is 0 Å². The monoisotopic (exact) mass is 503 g/mol. The van der Waals surface area contributed by atoms with Gasteiger partial charge in [0.15, 0.2) is 0 Å². The Hall–Kier alpha value is -2.91. The number of hydrogen-bond donors (Lipinski definition) is 1. The lowest BCUT2D eigenvalue weighted by Gasteiger charge is -2.11. The topological polar surface area (TPSA) is 82.0 Å². The summed E-state index contributed by atoms with van der Waals surface area (Å²) in [7, 11) is 1.63. The summed E-state index contributed by atoms with van der Waals surface area (Å²) in [4.78, 5) is 15.9. The van der Waals surface area contributed by atoms with E-state index in [1.54, 1.807) is 25.6 Å². The van der Waals surface area contributed by atoms with Crippen LogP contribution in [0.25, 0.3) is 0 Å². The van der Waals surface area contributed by atoms with Gasteiger partial charge in [-0.25, -0.2) is 4.98 Å². The van der Waals surface area contributed by atoms with Crippen LogP contribution in [-0.4, -0.2) is 30.9 Å². The lowest BCUT2D eigenvalue weighted by Crippen LogP contribution is -2.07. The molecule has 0 radical (unpaired) electrons. The molecule has 0 amide bonds. The Kier molecular flexibility index (Phi) is 8.43. The van der Waals surface area contributed by atoms with Crippen molar-refractivity contribution in [2.45, 2.75) is 20.0 Å². The minimum absolute atomic E-state index is 0.148. The molecule has 0 aliphatic rings. The van der Waals surface area contributed by atoms with Gasteiger partial charge >= 0.3 is 5.97 Å². The summed E-state index contributed by atoms with van der Waals surface area (Å²) in [5, 5.41) is 6.64. The van der Waals surface area contributed by atoms with E-state index in [1.165, 1.54) is 11.3 Å². The maximum absolute atomic E-state index is 11.5. The van der Waals surface area contributed by atoms with Crippen LogP contribution in [0.3, 0.4) is 0 Å². The number of hydrazone groups is 1. The molecule has 0 aliphatic heterocycles. The van der Waals surface area contributed by atoms with E-state index in [9.17, 15) is 4.79 Å². The highest BCUT2D eigenvalue weighted by atomic mass is 79.9. The number of anilines is 1. The Morgan fingerprint density at radius 3 is 2.94 bits per heavy atom. The van der Waals surface area contributed by atoms with Gasteiger partial charge in [-0.1, -0.05) is 22.0 Å². The third-order valence-corrected chi connectivity index (χ3v) is 5.34. The molecule has 0 spiro atoms. The maximum Gasteiger partial charge on any atom is 0.311 e. The summed E-state index contributed by atoms with van der Waals surface area (Å²) in [6, 6.07) is 13.4. The van der Waals surface area contributed by atoms with Crippen LogP contribution in [0.1, 0.15) is 23.7 Å². The van der Waals surface area contributed by atoms with Gasteiger partial charge in [0.05, 0.1) is 32.0 Å². The fourth-order valence-corrected chi connectivity index (χ4v) is 3.71. The molecular formula is C22H22BrN3O4S. The number of nitrogens with zero attached hydrogens (tertiary/aromatic N) is 2. The highest BCUT2D eigenvalue weighted by Crippen LogP contribution is 2.23. The van der Waals surface area contributed by atoms with E-state index in [0.717, 1.165) is 27.1 Å². The molecule has 1 N–H and O–H groups in total. The molecule has 3 aromatic rings. The lowest BCUT2D eigenvalue weighted by molar-refractivity contribution is -0.142. The Balaban J connectivity index is 1.61. The zero-order valence-electron chi connectivity index (χ0n) is 17.1. The predicted octanol–water partition coefficient (Wildman–Crippen LogP) is 5.04. The number of esters is 1. The van der Waals surface area contributed by atoms with E-state index in [-0.39, 0.29) is 12.4 Å². The molecule has 0 unspecified atom stereocenters. The second-order valence-electron chi connectivity index (χ2n) is 6.31. The first-order chi connectivity index (χ1) is 15.1. The van der Waals surface area contributed by atoms with Crippen LogP contribution in [0.5, 0.6) is 11.5 Å². The van der Waals surface area contributed by atoms with Crippen molar-refractivity contribution < 1.29 is 19.0 Å². The molecule has 31 heavy (non-hydrogen) atoms. The Morgan fingerprint density at radius 1 is 1.29 bits per heavy atom. The zero-order valence-corrected chi connectivity index (χ0v) is 19.5. The molecule has 2 aromatic carbocycles. The number of halogens is 1. The molecule has 0 aliphatic carbocycles. The van der Waals surface area contributed by atoms with E-state index >= 15 is 0 Å². The fraction of sp³-hybridized carbons (Fsp3) is 0.227. The van der Waals surface area contributed by atoms with Crippen molar-refractivity contribution in [2.24, 2.45) is 5.10 Å². The van der Waals surface area contributed by atoms with Crippen molar-refractivity contribution in [3.8, 4) is 11.5 Å². The number of nitrogens with one attached hydrogen (secondary N) is 1. The van der Waals surface area contributed by atoms with Crippen LogP contribution < -0.4 is 14.9 Å². The zero-order chi connectivity index (χ0) is 22.1. The summed E-state index contributed by atoms with van der Waals surface area (Å²) in [5.41, 5.74) is 5.32. The van der Waals surface area contributed by atoms with Crippen molar-refractivity contribution in [1.82, 2.24) is 4.98 Å². The number of carbonyl (C=O) groups is 1. The average Bonchev–Trinajstić information content (AvgIpc) is 3.19. The molecule has 3 rings (SSSR count). The van der Waals surface area contributed by atoms with Gasteiger partial charge in [-0.3, -0.25) is 10.2 Å². The van der Waals surface area contributed by atoms with Crippen molar-refractivity contribution in [2.75, 3.05) is 19.1 Å². The van der Waals surface area contributed by atoms with Gasteiger partial charge < -0.3 is 14.2 Å². The van der Waals surface area contributed by atoms with Gasteiger partial charge in [0.25, 0.3) is 0 Å². The van der Waals surface area contributed by atoms with Crippen LogP contribution in [0, 0.1) is 0 Å². The molecule has 0 atom stereocenters. The van der Waals surface area contributed by atoms with E-state index in [4.69, 9.17) is 14.2 Å². The average molecular weight is 504 g/mol. The van der Waals surface area contributed by atoms with Crippen molar-refractivity contribution in [3.63, 3.8) is 0 Å². The second-order valence-corrected chi connectivity index (χ2v) is 8.09. The summed E-state index contributed by atoms with van der Waals surface area (Å²) in [6.45, 7) is 2.49. The van der Waals surface area contributed by atoms with Crippen LogP contribution in [0.15, 0.2) is 57.4 Å². The fourth-order valence-electron chi connectivity index (χ4n) is 2.67. The largest absolute Gasteiger partial charge is 0.496 e. The minimum Gasteiger partial charge on any atom is -0.496 e. The van der Waals surface area contributed by atoms with E-state index in [0.29, 0.717) is 24.0 Å². The molecule has 7 nitrogen and oxygen atoms in total.